The molecule has 5 heteroatoms. The number of benzene rings is 2. The molecule has 0 N–H and O–H groups in total. The van der Waals surface area contributed by atoms with Crippen LogP contribution in [0.15, 0.2) is 51.7 Å². The van der Waals surface area contributed by atoms with Gasteiger partial charge in [-0.15, -0.1) is 0 Å². The molecule has 1 fully saturated rings. The lowest BCUT2D eigenvalue weighted by atomic mass is 9.96. The van der Waals surface area contributed by atoms with Crippen molar-refractivity contribution in [3.8, 4) is 0 Å². The van der Waals surface area contributed by atoms with E-state index in [9.17, 15) is 9.59 Å². The number of hydrogen-bond donors (Lipinski definition) is 0. The smallest absolute Gasteiger partial charge is 0.336 e. The van der Waals surface area contributed by atoms with Gasteiger partial charge in [-0.05, 0) is 67.6 Å². The molecule has 0 spiro atoms. The largest absolute Gasteiger partial charge is 0.460 e. The van der Waals surface area contributed by atoms with E-state index in [0.29, 0.717) is 16.2 Å². The minimum Gasteiger partial charge on any atom is -0.460 e. The third-order valence-corrected chi connectivity index (χ3v) is 5.59. The van der Waals surface area contributed by atoms with Crippen LogP contribution < -0.4 is 5.63 Å². The lowest BCUT2D eigenvalue weighted by molar-refractivity contribution is -0.148. The second-order valence-electron chi connectivity index (χ2n) is 7.19. The van der Waals surface area contributed by atoms with Crippen molar-refractivity contribution in [3.63, 3.8) is 0 Å². The first kappa shape index (κ1) is 17.8. The predicted octanol–water partition coefficient (Wildman–Crippen LogP) is 4.84. The van der Waals surface area contributed by atoms with E-state index in [2.05, 4.69) is 0 Å². The summed E-state index contributed by atoms with van der Waals surface area (Å²) in [6.07, 6.45) is 1.51. The van der Waals surface area contributed by atoms with E-state index >= 15 is 0 Å². The normalized spacial score (nSPS) is 14.9. The molecule has 138 valence electrons. The van der Waals surface area contributed by atoms with Gasteiger partial charge < -0.3 is 9.15 Å². The van der Waals surface area contributed by atoms with Gasteiger partial charge in [0.15, 0.2) is 0 Å². The molecule has 1 aliphatic carbocycles. The second kappa shape index (κ2) is 6.54. The second-order valence-corrected chi connectivity index (χ2v) is 7.62. The monoisotopic (exact) mass is 382 g/mol. The molecule has 1 aliphatic rings. The summed E-state index contributed by atoms with van der Waals surface area (Å²) in [5, 5.41) is 1.43. The molecule has 0 atom stereocenters. The van der Waals surface area contributed by atoms with Crippen LogP contribution in [0.1, 0.15) is 35.1 Å². The minimum atomic E-state index is -0.591. The van der Waals surface area contributed by atoms with E-state index in [-0.39, 0.29) is 12.6 Å². The highest BCUT2D eigenvalue weighted by molar-refractivity contribution is 6.30. The Hall–Kier alpha value is -2.59. The molecule has 0 unspecified atom stereocenters. The summed E-state index contributed by atoms with van der Waals surface area (Å²) in [7, 11) is 0. The molecule has 1 heterocycles. The van der Waals surface area contributed by atoms with Gasteiger partial charge in [0.1, 0.15) is 12.2 Å². The third-order valence-electron chi connectivity index (χ3n) is 5.34. The molecule has 0 bridgehead atoms. The summed E-state index contributed by atoms with van der Waals surface area (Å²) in [5.74, 6) is -0.268. The molecule has 0 saturated heterocycles. The van der Waals surface area contributed by atoms with E-state index < -0.39 is 11.0 Å². The number of esters is 1. The number of hydrogen-bond acceptors (Lipinski definition) is 4. The van der Waals surface area contributed by atoms with Gasteiger partial charge in [0, 0.05) is 22.0 Å². The van der Waals surface area contributed by atoms with E-state index in [1.807, 2.05) is 38.1 Å². The molecule has 0 amide bonds. The van der Waals surface area contributed by atoms with Crippen molar-refractivity contribution in [2.75, 3.05) is 0 Å². The number of fused-ring (bicyclic) bond motifs is 1. The zero-order valence-corrected chi connectivity index (χ0v) is 15.9. The number of aryl methyl sites for hydroxylation is 2. The standard InChI is InChI=1S/C22H19ClO4/c1-13-9-18-15(11-20(24)27-19(18)10-14(13)2)12-26-21(25)22(7-8-22)16-3-5-17(23)6-4-16/h3-6,9-11H,7-8,12H2,1-2H3. The Labute approximate surface area is 161 Å². The molecule has 2 aromatic carbocycles. The zero-order chi connectivity index (χ0) is 19.2. The molecule has 0 radical (unpaired) electrons. The zero-order valence-electron chi connectivity index (χ0n) is 15.2. The molecule has 1 saturated carbocycles. The predicted molar refractivity (Wildman–Crippen MR) is 104 cm³/mol. The van der Waals surface area contributed by atoms with Crippen molar-refractivity contribution in [2.24, 2.45) is 0 Å². The van der Waals surface area contributed by atoms with Gasteiger partial charge in [0.25, 0.3) is 0 Å². The summed E-state index contributed by atoms with van der Waals surface area (Å²) >= 11 is 5.94. The summed E-state index contributed by atoms with van der Waals surface area (Å²) in [5.41, 5.74) is 3.17. The van der Waals surface area contributed by atoms with Crippen molar-refractivity contribution in [3.05, 3.63) is 80.2 Å². The Morgan fingerprint density at radius 2 is 1.78 bits per heavy atom. The van der Waals surface area contributed by atoms with Gasteiger partial charge in [-0.25, -0.2) is 4.79 Å². The average molecular weight is 383 g/mol. The Bertz CT molecular complexity index is 1090. The van der Waals surface area contributed by atoms with Crippen LogP contribution in [-0.2, 0) is 21.6 Å². The topological polar surface area (TPSA) is 56.5 Å². The van der Waals surface area contributed by atoms with E-state index in [4.69, 9.17) is 20.8 Å². The van der Waals surface area contributed by atoms with Crippen LogP contribution in [-0.4, -0.2) is 5.97 Å². The molecule has 1 aromatic heterocycles. The molecular weight excluding hydrogens is 364 g/mol. The lowest BCUT2D eigenvalue weighted by Gasteiger charge is -2.16. The van der Waals surface area contributed by atoms with Crippen LogP contribution in [0, 0.1) is 13.8 Å². The van der Waals surface area contributed by atoms with Crippen molar-refractivity contribution in [1.82, 2.24) is 0 Å². The first-order valence-corrected chi connectivity index (χ1v) is 9.24. The van der Waals surface area contributed by atoms with Crippen molar-refractivity contribution in [1.29, 1.82) is 0 Å². The Kier molecular flexibility index (Phi) is 4.31. The van der Waals surface area contributed by atoms with Gasteiger partial charge in [0.2, 0.25) is 0 Å². The van der Waals surface area contributed by atoms with Crippen LogP contribution in [0.5, 0.6) is 0 Å². The fourth-order valence-electron chi connectivity index (χ4n) is 3.39. The van der Waals surface area contributed by atoms with Gasteiger partial charge in [-0.1, -0.05) is 23.7 Å². The molecule has 4 nitrogen and oxygen atoms in total. The number of rotatable bonds is 4. The summed E-state index contributed by atoms with van der Waals surface area (Å²) in [6.45, 7) is 4.00. The maximum absolute atomic E-state index is 12.8. The van der Waals surface area contributed by atoms with Crippen molar-refractivity contribution >= 4 is 28.5 Å². The van der Waals surface area contributed by atoms with E-state index in [1.165, 1.54) is 6.07 Å². The number of carbonyl (C=O) groups excluding carboxylic acids is 1. The number of ether oxygens (including phenoxy) is 1. The van der Waals surface area contributed by atoms with Gasteiger partial charge in [-0.3, -0.25) is 4.79 Å². The fourth-order valence-corrected chi connectivity index (χ4v) is 3.51. The highest BCUT2D eigenvalue weighted by atomic mass is 35.5. The van der Waals surface area contributed by atoms with Crippen LogP contribution in [0.3, 0.4) is 0 Å². The minimum absolute atomic E-state index is 0.0405. The van der Waals surface area contributed by atoms with Gasteiger partial charge >= 0.3 is 11.6 Å². The van der Waals surface area contributed by atoms with Crippen molar-refractivity contribution < 1.29 is 13.9 Å². The fraction of sp³-hybridized carbons (Fsp3) is 0.273. The third kappa shape index (κ3) is 3.26. The highest BCUT2D eigenvalue weighted by Crippen LogP contribution is 2.49. The average Bonchev–Trinajstić information content (AvgIpc) is 3.43. The molecule has 27 heavy (non-hydrogen) atoms. The summed E-state index contributed by atoms with van der Waals surface area (Å²) < 4.78 is 10.9. The first-order valence-electron chi connectivity index (χ1n) is 8.86. The Morgan fingerprint density at radius 3 is 2.44 bits per heavy atom. The maximum Gasteiger partial charge on any atom is 0.336 e. The molecular formula is C22H19ClO4. The Balaban J connectivity index is 1.60. The summed E-state index contributed by atoms with van der Waals surface area (Å²) in [6, 6.07) is 12.5. The van der Waals surface area contributed by atoms with E-state index in [1.54, 1.807) is 12.1 Å². The van der Waals surface area contributed by atoms with Crippen LogP contribution in [0.4, 0.5) is 0 Å². The first-order chi connectivity index (χ1) is 12.9. The quantitative estimate of drug-likeness (QED) is 0.478. The number of carbonyl (C=O) groups is 1. The van der Waals surface area contributed by atoms with Crippen LogP contribution in [0.25, 0.3) is 11.0 Å². The maximum atomic E-state index is 12.8. The Morgan fingerprint density at radius 1 is 1.11 bits per heavy atom. The molecule has 3 aromatic rings. The van der Waals surface area contributed by atoms with E-state index in [0.717, 1.165) is 34.9 Å². The van der Waals surface area contributed by atoms with Gasteiger partial charge in [0.05, 0.1) is 5.41 Å². The lowest BCUT2D eigenvalue weighted by Crippen LogP contribution is -2.23. The molecule has 0 aliphatic heterocycles. The van der Waals surface area contributed by atoms with Gasteiger partial charge in [-0.2, -0.15) is 0 Å². The van der Waals surface area contributed by atoms with Crippen LogP contribution >= 0.6 is 11.6 Å². The van der Waals surface area contributed by atoms with Crippen LogP contribution in [0.2, 0.25) is 5.02 Å². The highest BCUT2D eigenvalue weighted by Gasteiger charge is 2.52. The van der Waals surface area contributed by atoms with Crippen molar-refractivity contribution in [2.45, 2.75) is 38.7 Å². The SMILES string of the molecule is Cc1cc2oc(=O)cc(COC(=O)C3(c4ccc(Cl)cc4)CC3)c2cc1C. The number of halogens is 1. The summed E-state index contributed by atoms with van der Waals surface area (Å²) in [4.78, 5) is 24.7. The molecule has 4 rings (SSSR count).